The Bertz CT molecular complexity index is 248. The SMILES string of the molecule is CC(C)(C)OC(=O)C(N)(O)COCCOCCO. The molecule has 0 aliphatic rings. The molecule has 0 spiro atoms. The zero-order valence-electron chi connectivity index (χ0n) is 11.1. The van der Waals surface area contributed by atoms with Gasteiger partial charge in [-0.25, -0.2) is 4.79 Å². The first-order chi connectivity index (χ1) is 8.19. The van der Waals surface area contributed by atoms with Crippen molar-refractivity contribution in [2.45, 2.75) is 32.1 Å². The number of ether oxygens (including phenoxy) is 3. The topological polar surface area (TPSA) is 111 Å². The molecule has 0 saturated carbocycles. The van der Waals surface area contributed by atoms with Crippen LogP contribution in [-0.4, -0.2) is 60.5 Å². The Labute approximate surface area is 107 Å². The summed E-state index contributed by atoms with van der Waals surface area (Å²) in [6, 6.07) is 0. The molecule has 0 heterocycles. The van der Waals surface area contributed by atoms with Crippen LogP contribution in [0.3, 0.4) is 0 Å². The normalized spacial score (nSPS) is 15.2. The van der Waals surface area contributed by atoms with Gasteiger partial charge in [0.15, 0.2) is 0 Å². The van der Waals surface area contributed by atoms with Crippen LogP contribution >= 0.6 is 0 Å². The van der Waals surface area contributed by atoms with Gasteiger partial charge in [0.2, 0.25) is 5.72 Å². The maximum absolute atomic E-state index is 11.5. The lowest BCUT2D eigenvalue weighted by Crippen LogP contribution is -2.54. The second-order valence-electron chi connectivity index (χ2n) is 4.81. The number of hydrogen-bond donors (Lipinski definition) is 3. The fourth-order valence-electron chi connectivity index (χ4n) is 0.938. The second-order valence-corrected chi connectivity index (χ2v) is 4.81. The van der Waals surface area contributed by atoms with Crippen LogP contribution in [0.25, 0.3) is 0 Å². The standard InChI is InChI=1S/C11H23NO6/c1-10(2,3)18-9(14)11(12,15)8-17-7-6-16-5-4-13/h13,15H,4-8,12H2,1-3H3. The quantitative estimate of drug-likeness (QED) is 0.293. The third-order valence-corrected chi connectivity index (χ3v) is 1.68. The maximum Gasteiger partial charge on any atom is 0.356 e. The summed E-state index contributed by atoms with van der Waals surface area (Å²) in [5.41, 5.74) is 2.48. The average Bonchev–Trinajstić information content (AvgIpc) is 2.20. The third kappa shape index (κ3) is 8.37. The van der Waals surface area contributed by atoms with E-state index in [1.165, 1.54) is 0 Å². The van der Waals surface area contributed by atoms with Gasteiger partial charge in [-0.05, 0) is 20.8 Å². The van der Waals surface area contributed by atoms with Gasteiger partial charge in [-0.2, -0.15) is 0 Å². The van der Waals surface area contributed by atoms with Crippen molar-refractivity contribution in [2.75, 3.05) is 33.0 Å². The molecule has 1 atom stereocenters. The van der Waals surface area contributed by atoms with Crippen LogP contribution in [0.15, 0.2) is 0 Å². The number of nitrogens with two attached hydrogens (primary N) is 1. The van der Waals surface area contributed by atoms with Crippen LogP contribution < -0.4 is 5.73 Å². The van der Waals surface area contributed by atoms with E-state index in [-0.39, 0.29) is 33.0 Å². The highest BCUT2D eigenvalue weighted by Gasteiger charge is 2.36. The van der Waals surface area contributed by atoms with Crippen LogP contribution in [0.4, 0.5) is 0 Å². The summed E-state index contributed by atoms with van der Waals surface area (Å²) in [5, 5.41) is 18.1. The lowest BCUT2D eigenvalue weighted by atomic mass is 10.2. The fourth-order valence-corrected chi connectivity index (χ4v) is 0.938. The molecule has 0 amide bonds. The van der Waals surface area contributed by atoms with Crippen LogP contribution in [0.1, 0.15) is 20.8 Å². The van der Waals surface area contributed by atoms with Crippen molar-refractivity contribution in [3.05, 3.63) is 0 Å². The lowest BCUT2D eigenvalue weighted by molar-refractivity contribution is -0.183. The largest absolute Gasteiger partial charge is 0.457 e. The predicted octanol–water partition coefficient (Wildman–Crippen LogP) is -0.999. The van der Waals surface area contributed by atoms with Crippen LogP contribution in [0, 0.1) is 0 Å². The molecule has 0 rings (SSSR count). The molecule has 4 N–H and O–H groups in total. The van der Waals surface area contributed by atoms with E-state index in [0.717, 1.165) is 0 Å². The molecule has 0 bridgehead atoms. The first kappa shape index (κ1) is 17.3. The van der Waals surface area contributed by atoms with E-state index in [4.69, 9.17) is 25.1 Å². The van der Waals surface area contributed by atoms with Gasteiger partial charge in [-0.1, -0.05) is 0 Å². The number of carbonyl (C=O) groups is 1. The molecule has 0 aromatic rings. The van der Waals surface area contributed by atoms with E-state index in [9.17, 15) is 9.90 Å². The molecule has 0 saturated heterocycles. The summed E-state index contributed by atoms with van der Waals surface area (Å²) in [6.07, 6.45) is 0. The summed E-state index contributed by atoms with van der Waals surface area (Å²) in [7, 11) is 0. The van der Waals surface area contributed by atoms with E-state index in [2.05, 4.69) is 0 Å². The molecular formula is C11H23NO6. The Morgan fingerprint density at radius 1 is 1.17 bits per heavy atom. The molecule has 108 valence electrons. The van der Waals surface area contributed by atoms with E-state index in [1.807, 2.05) is 0 Å². The van der Waals surface area contributed by atoms with Crippen molar-refractivity contribution in [2.24, 2.45) is 5.73 Å². The van der Waals surface area contributed by atoms with Crippen LogP contribution in [0.2, 0.25) is 0 Å². The number of aliphatic hydroxyl groups excluding tert-OH is 1. The van der Waals surface area contributed by atoms with E-state index >= 15 is 0 Å². The van der Waals surface area contributed by atoms with Crippen molar-refractivity contribution in [3.8, 4) is 0 Å². The molecule has 7 heteroatoms. The van der Waals surface area contributed by atoms with Crippen LogP contribution in [0.5, 0.6) is 0 Å². The van der Waals surface area contributed by atoms with Gasteiger partial charge in [0, 0.05) is 0 Å². The van der Waals surface area contributed by atoms with E-state index < -0.39 is 17.3 Å². The number of rotatable bonds is 8. The van der Waals surface area contributed by atoms with Gasteiger partial charge in [-0.15, -0.1) is 0 Å². The highest BCUT2D eigenvalue weighted by atomic mass is 16.6. The average molecular weight is 265 g/mol. The Morgan fingerprint density at radius 2 is 1.72 bits per heavy atom. The molecule has 0 aliphatic heterocycles. The minimum absolute atomic E-state index is 0.0707. The Balaban J connectivity index is 3.89. The Morgan fingerprint density at radius 3 is 2.22 bits per heavy atom. The molecule has 0 aromatic carbocycles. The summed E-state index contributed by atoms with van der Waals surface area (Å²) in [5.74, 6) is -0.939. The smallest absolute Gasteiger partial charge is 0.356 e. The third-order valence-electron chi connectivity index (χ3n) is 1.68. The Kier molecular flexibility index (Phi) is 7.34. The number of esters is 1. The maximum atomic E-state index is 11.5. The minimum atomic E-state index is -2.18. The van der Waals surface area contributed by atoms with Crippen molar-refractivity contribution in [1.29, 1.82) is 0 Å². The molecule has 18 heavy (non-hydrogen) atoms. The van der Waals surface area contributed by atoms with Gasteiger partial charge in [-0.3, -0.25) is 5.73 Å². The summed E-state index contributed by atoms with van der Waals surface area (Å²) in [4.78, 5) is 11.5. The molecule has 0 fully saturated rings. The summed E-state index contributed by atoms with van der Waals surface area (Å²) < 4.78 is 14.9. The molecular weight excluding hydrogens is 242 g/mol. The monoisotopic (exact) mass is 265 g/mol. The van der Waals surface area contributed by atoms with Gasteiger partial charge in [0.1, 0.15) is 12.2 Å². The second kappa shape index (κ2) is 7.65. The van der Waals surface area contributed by atoms with Gasteiger partial charge >= 0.3 is 5.97 Å². The lowest BCUT2D eigenvalue weighted by Gasteiger charge is -2.26. The summed E-state index contributed by atoms with van der Waals surface area (Å²) in [6.45, 7) is 5.17. The van der Waals surface area contributed by atoms with Crippen LogP contribution in [-0.2, 0) is 19.0 Å². The number of hydrogen-bond acceptors (Lipinski definition) is 7. The van der Waals surface area contributed by atoms with Gasteiger partial charge in [0.05, 0.1) is 26.4 Å². The van der Waals surface area contributed by atoms with Crippen molar-refractivity contribution in [1.82, 2.24) is 0 Å². The highest BCUT2D eigenvalue weighted by Crippen LogP contribution is 2.11. The molecule has 0 radical (unpaired) electrons. The molecule has 0 aromatic heterocycles. The van der Waals surface area contributed by atoms with E-state index in [0.29, 0.717) is 0 Å². The van der Waals surface area contributed by atoms with Gasteiger partial charge < -0.3 is 24.4 Å². The van der Waals surface area contributed by atoms with Crippen molar-refractivity contribution >= 4 is 5.97 Å². The highest BCUT2D eigenvalue weighted by molar-refractivity contribution is 5.78. The van der Waals surface area contributed by atoms with Crippen molar-refractivity contribution < 1.29 is 29.2 Å². The Hall–Kier alpha value is -0.730. The number of carbonyl (C=O) groups excluding carboxylic acids is 1. The fraction of sp³-hybridized carbons (Fsp3) is 0.909. The van der Waals surface area contributed by atoms with Crippen molar-refractivity contribution in [3.63, 3.8) is 0 Å². The molecule has 1 unspecified atom stereocenters. The van der Waals surface area contributed by atoms with Gasteiger partial charge in [0.25, 0.3) is 0 Å². The zero-order valence-corrected chi connectivity index (χ0v) is 11.1. The first-order valence-electron chi connectivity index (χ1n) is 5.70. The minimum Gasteiger partial charge on any atom is -0.457 e. The summed E-state index contributed by atoms with van der Waals surface area (Å²) >= 11 is 0. The zero-order chi connectivity index (χ0) is 14.2. The molecule has 7 nitrogen and oxygen atoms in total. The molecule has 0 aliphatic carbocycles. The predicted molar refractivity (Wildman–Crippen MR) is 63.7 cm³/mol. The number of aliphatic hydroxyl groups is 2. The van der Waals surface area contributed by atoms with E-state index in [1.54, 1.807) is 20.8 Å². The first-order valence-corrected chi connectivity index (χ1v) is 5.70.